The van der Waals surface area contributed by atoms with E-state index in [0.29, 0.717) is 25.3 Å². The van der Waals surface area contributed by atoms with Crippen LogP contribution in [-0.2, 0) is 22.5 Å². The van der Waals surface area contributed by atoms with E-state index in [0.717, 1.165) is 11.1 Å². The van der Waals surface area contributed by atoms with Crippen LogP contribution < -0.4 is 0 Å². The standard InChI is InChI=1S/C16H17N3O3/c1-2-22-16(21)14-9-11-5-3-4-6-12(11)10-19(14)15(20)13-7-8-17-18-13/h3-8,14H,2,9-10H2,1H3,(H,17,18). The van der Waals surface area contributed by atoms with E-state index in [1.54, 1.807) is 17.9 Å². The average molecular weight is 299 g/mol. The van der Waals surface area contributed by atoms with E-state index in [2.05, 4.69) is 10.2 Å². The highest BCUT2D eigenvalue weighted by molar-refractivity contribution is 5.95. The first-order chi connectivity index (χ1) is 10.7. The largest absolute Gasteiger partial charge is 0.464 e. The molecule has 114 valence electrons. The van der Waals surface area contributed by atoms with E-state index >= 15 is 0 Å². The highest BCUT2D eigenvalue weighted by Crippen LogP contribution is 2.25. The molecule has 1 aliphatic rings. The number of fused-ring (bicyclic) bond motifs is 1. The number of H-pyrrole nitrogens is 1. The van der Waals surface area contributed by atoms with Crippen molar-refractivity contribution in [2.45, 2.75) is 25.9 Å². The maximum Gasteiger partial charge on any atom is 0.329 e. The molecule has 0 radical (unpaired) electrons. The number of hydrogen-bond donors (Lipinski definition) is 1. The third kappa shape index (κ3) is 2.59. The van der Waals surface area contributed by atoms with Gasteiger partial charge in [-0.2, -0.15) is 5.10 Å². The van der Waals surface area contributed by atoms with Crippen LogP contribution in [0.3, 0.4) is 0 Å². The van der Waals surface area contributed by atoms with E-state index < -0.39 is 6.04 Å². The highest BCUT2D eigenvalue weighted by Gasteiger charge is 2.36. The molecule has 6 heteroatoms. The Morgan fingerprint density at radius 1 is 1.32 bits per heavy atom. The second kappa shape index (κ2) is 6.01. The van der Waals surface area contributed by atoms with Crippen LogP contribution in [0.2, 0.25) is 0 Å². The molecule has 0 saturated heterocycles. The molecule has 1 amide bonds. The van der Waals surface area contributed by atoms with Gasteiger partial charge in [0, 0.05) is 19.2 Å². The summed E-state index contributed by atoms with van der Waals surface area (Å²) >= 11 is 0. The van der Waals surface area contributed by atoms with Gasteiger partial charge in [-0.05, 0) is 24.1 Å². The zero-order valence-corrected chi connectivity index (χ0v) is 12.3. The van der Waals surface area contributed by atoms with Gasteiger partial charge in [-0.15, -0.1) is 0 Å². The van der Waals surface area contributed by atoms with Crippen LogP contribution in [0.5, 0.6) is 0 Å². The number of benzene rings is 1. The Morgan fingerprint density at radius 3 is 2.77 bits per heavy atom. The van der Waals surface area contributed by atoms with E-state index in [4.69, 9.17) is 4.74 Å². The average Bonchev–Trinajstić information content (AvgIpc) is 3.07. The third-order valence-corrected chi connectivity index (χ3v) is 3.80. The molecule has 2 aromatic rings. The van der Waals surface area contributed by atoms with Crippen molar-refractivity contribution in [2.75, 3.05) is 6.61 Å². The van der Waals surface area contributed by atoms with Crippen LogP contribution in [0, 0.1) is 0 Å². The lowest BCUT2D eigenvalue weighted by Gasteiger charge is -2.35. The molecule has 1 N–H and O–H groups in total. The summed E-state index contributed by atoms with van der Waals surface area (Å²) in [7, 11) is 0. The van der Waals surface area contributed by atoms with E-state index in [-0.39, 0.29) is 11.9 Å². The molecule has 1 aromatic heterocycles. The van der Waals surface area contributed by atoms with Crippen molar-refractivity contribution in [3.63, 3.8) is 0 Å². The van der Waals surface area contributed by atoms with Crippen molar-refractivity contribution >= 4 is 11.9 Å². The minimum Gasteiger partial charge on any atom is -0.464 e. The number of ether oxygens (including phenoxy) is 1. The number of carbonyl (C=O) groups is 2. The molecule has 0 fully saturated rings. The Hall–Kier alpha value is -2.63. The fourth-order valence-electron chi connectivity index (χ4n) is 2.72. The van der Waals surface area contributed by atoms with Gasteiger partial charge in [0.15, 0.2) is 0 Å². The number of hydrogen-bond acceptors (Lipinski definition) is 4. The lowest BCUT2D eigenvalue weighted by molar-refractivity contribution is -0.149. The van der Waals surface area contributed by atoms with Crippen LogP contribution in [0.4, 0.5) is 0 Å². The van der Waals surface area contributed by atoms with E-state index in [1.807, 2.05) is 24.3 Å². The fraction of sp³-hybridized carbons (Fsp3) is 0.312. The first-order valence-electron chi connectivity index (χ1n) is 7.24. The number of aromatic nitrogens is 2. The van der Waals surface area contributed by atoms with Crippen LogP contribution in [0.1, 0.15) is 28.5 Å². The lowest BCUT2D eigenvalue weighted by atomic mass is 9.93. The summed E-state index contributed by atoms with van der Waals surface area (Å²) in [6.45, 7) is 2.44. The number of nitrogens with one attached hydrogen (secondary N) is 1. The summed E-state index contributed by atoms with van der Waals surface area (Å²) in [5, 5.41) is 6.46. The van der Waals surface area contributed by atoms with Gasteiger partial charge in [-0.3, -0.25) is 9.89 Å². The minimum absolute atomic E-state index is 0.245. The number of aromatic amines is 1. The quantitative estimate of drug-likeness (QED) is 0.872. The predicted molar refractivity (Wildman–Crippen MR) is 79.0 cm³/mol. The Kier molecular flexibility index (Phi) is 3.91. The minimum atomic E-state index is -0.606. The molecular formula is C16H17N3O3. The van der Waals surface area contributed by atoms with Gasteiger partial charge in [-0.1, -0.05) is 24.3 Å². The van der Waals surface area contributed by atoms with Crippen LogP contribution >= 0.6 is 0 Å². The zero-order chi connectivity index (χ0) is 15.5. The van der Waals surface area contributed by atoms with Crippen molar-refractivity contribution < 1.29 is 14.3 Å². The summed E-state index contributed by atoms with van der Waals surface area (Å²) < 4.78 is 5.14. The maximum atomic E-state index is 12.6. The number of rotatable bonds is 3. The SMILES string of the molecule is CCOC(=O)C1Cc2ccccc2CN1C(=O)c1ccn[nH]1. The number of carbonyl (C=O) groups excluding carboxylic acids is 2. The number of nitrogens with zero attached hydrogens (tertiary/aromatic N) is 2. The number of esters is 1. The second-order valence-electron chi connectivity index (χ2n) is 5.14. The fourth-order valence-corrected chi connectivity index (χ4v) is 2.72. The van der Waals surface area contributed by atoms with Gasteiger partial charge in [0.1, 0.15) is 11.7 Å². The molecule has 22 heavy (non-hydrogen) atoms. The molecule has 1 aliphatic heterocycles. The monoisotopic (exact) mass is 299 g/mol. The van der Waals surface area contributed by atoms with Gasteiger partial charge in [-0.25, -0.2) is 4.79 Å². The van der Waals surface area contributed by atoms with Crippen molar-refractivity contribution in [3.05, 3.63) is 53.3 Å². The summed E-state index contributed by atoms with van der Waals surface area (Å²) in [5.41, 5.74) is 2.50. The Labute approximate surface area is 128 Å². The van der Waals surface area contributed by atoms with Crippen LogP contribution in [0.25, 0.3) is 0 Å². The normalized spacial score (nSPS) is 17.0. The summed E-state index contributed by atoms with van der Waals surface area (Å²) in [4.78, 5) is 26.4. The predicted octanol–water partition coefficient (Wildman–Crippen LogP) is 1.54. The molecule has 1 atom stereocenters. The van der Waals surface area contributed by atoms with Gasteiger partial charge in [0.2, 0.25) is 0 Å². The number of amides is 1. The van der Waals surface area contributed by atoms with E-state index in [1.165, 1.54) is 6.20 Å². The maximum absolute atomic E-state index is 12.6. The molecule has 1 unspecified atom stereocenters. The molecule has 6 nitrogen and oxygen atoms in total. The van der Waals surface area contributed by atoms with Gasteiger partial charge < -0.3 is 9.64 Å². The second-order valence-corrected chi connectivity index (χ2v) is 5.14. The summed E-state index contributed by atoms with van der Waals surface area (Å²) in [5.74, 6) is -0.616. The molecule has 3 rings (SSSR count). The van der Waals surface area contributed by atoms with Crippen LogP contribution in [0.15, 0.2) is 36.5 Å². The molecule has 0 saturated carbocycles. The lowest BCUT2D eigenvalue weighted by Crippen LogP contribution is -2.49. The molecular weight excluding hydrogens is 282 g/mol. The van der Waals surface area contributed by atoms with Crippen molar-refractivity contribution in [2.24, 2.45) is 0 Å². The highest BCUT2D eigenvalue weighted by atomic mass is 16.5. The first-order valence-corrected chi connectivity index (χ1v) is 7.24. The molecule has 1 aromatic carbocycles. The van der Waals surface area contributed by atoms with Crippen LogP contribution in [-0.4, -0.2) is 39.6 Å². The Bertz CT molecular complexity index is 682. The molecule has 0 bridgehead atoms. The van der Waals surface area contributed by atoms with Gasteiger partial charge in [0.05, 0.1) is 6.61 Å². The third-order valence-electron chi connectivity index (χ3n) is 3.80. The van der Waals surface area contributed by atoms with Gasteiger partial charge in [0.25, 0.3) is 5.91 Å². The zero-order valence-electron chi connectivity index (χ0n) is 12.3. The van der Waals surface area contributed by atoms with Gasteiger partial charge >= 0.3 is 5.97 Å². The smallest absolute Gasteiger partial charge is 0.329 e. The van der Waals surface area contributed by atoms with E-state index in [9.17, 15) is 9.59 Å². The summed E-state index contributed by atoms with van der Waals surface area (Å²) in [6.07, 6.45) is 1.99. The summed E-state index contributed by atoms with van der Waals surface area (Å²) in [6, 6.07) is 8.83. The van der Waals surface area contributed by atoms with Crippen molar-refractivity contribution in [3.8, 4) is 0 Å². The Morgan fingerprint density at radius 2 is 2.09 bits per heavy atom. The molecule has 2 heterocycles. The van der Waals surface area contributed by atoms with Crippen molar-refractivity contribution in [1.29, 1.82) is 0 Å². The topological polar surface area (TPSA) is 75.3 Å². The first kappa shape index (κ1) is 14.3. The Balaban J connectivity index is 1.94. The molecule has 0 spiro atoms. The molecule has 0 aliphatic carbocycles. The van der Waals surface area contributed by atoms with Crippen molar-refractivity contribution in [1.82, 2.24) is 15.1 Å².